The number of ether oxygens (including phenoxy) is 1. The summed E-state index contributed by atoms with van der Waals surface area (Å²) < 4.78 is 5.41. The third-order valence-electron chi connectivity index (χ3n) is 2.07. The Balaban J connectivity index is 2.06. The van der Waals surface area contributed by atoms with Gasteiger partial charge in [0.15, 0.2) is 0 Å². The van der Waals surface area contributed by atoms with Gasteiger partial charge in [-0.3, -0.25) is 0 Å². The molecule has 16 heavy (non-hydrogen) atoms. The lowest BCUT2D eigenvalue weighted by Gasteiger charge is -2.11. The van der Waals surface area contributed by atoms with Gasteiger partial charge in [-0.15, -0.1) is 0 Å². The molecule has 0 spiro atoms. The van der Waals surface area contributed by atoms with E-state index < -0.39 is 6.10 Å². The number of aliphatic hydroxyl groups is 1. The van der Waals surface area contributed by atoms with E-state index in [4.69, 9.17) is 4.74 Å². The Hall–Kier alpha value is -0.420. The normalized spacial score (nSPS) is 12.6. The predicted molar refractivity (Wildman–Crippen MR) is 68.8 cm³/mol. The van der Waals surface area contributed by atoms with E-state index in [1.54, 1.807) is 0 Å². The summed E-state index contributed by atoms with van der Waals surface area (Å²) in [6.07, 6.45) is -0.442. The first-order valence-electron chi connectivity index (χ1n) is 5.39. The van der Waals surface area contributed by atoms with Crippen molar-refractivity contribution in [1.82, 2.24) is 5.32 Å². The van der Waals surface area contributed by atoms with E-state index in [0.29, 0.717) is 19.8 Å². The maximum atomic E-state index is 9.55. The van der Waals surface area contributed by atoms with Crippen LogP contribution in [-0.4, -0.2) is 36.2 Å². The van der Waals surface area contributed by atoms with Crippen LogP contribution in [-0.2, 0) is 11.3 Å². The highest BCUT2D eigenvalue weighted by molar-refractivity contribution is 9.09. The monoisotopic (exact) mass is 287 g/mol. The molecule has 2 N–H and O–H groups in total. The highest BCUT2D eigenvalue weighted by Gasteiger charge is 2.03. The molecule has 0 aromatic heterocycles. The molecular weight excluding hydrogens is 270 g/mol. The molecule has 1 rings (SSSR count). The Morgan fingerprint density at radius 1 is 1.31 bits per heavy atom. The van der Waals surface area contributed by atoms with E-state index in [1.165, 1.54) is 0 Å². The van der Waals surface area contributed by atoms with Gasteiger partial charge in [0, 0.05) is 18.4 Å². The number of hydrogen-bond acceptors (Lipinski definition) is 3. The van der Waals surface area contributed by atoms with Crippen molar-refractivity contribution in [2.24, 2.45) is 0 Å². The summed E-state index contributed by atoms with van der Waals surface area (Å²) in [5.74, 6) is 0. The molecule has 0 aliphatic heterocycles. The van der Waals surface area contributed by atoms with Crippen LogP contribution in [0.5, 0.6) is 0 Å². The van der Waals surface area contributed by atoms with Gasteiger partial charge in [0.25, 0.3) is 0 Å². The van der Waals surface area contributed by atoms with Crippen LogP contribution in [0.3, 0.4) is 0 Å². The molecule has 0 aliphatic carbocycles. The van der Waals surface area contributed by atoms with Crippen LogP contribution in [0.1, 0.15) is 5.56 Å². The summed E-state index contributed by atoms with van der Waals surface area (Å²) in [6.45, 7) is 2.34. The largest absolute Gasteiger partial charge is 0.389 e. The molecule has 1 unspecified atom stereocenters. The van der Waals surface area contributed by atoms with Gasteiger partial charge < -0.3 is 15.2 Å². The number of aliphatic hydroxyl groups excluding tert-OH is 1. The fraction of sp³-hybridized carbons (Fsp3) is 0.500. The van der Waals surface area contributed by atoms with Crippen molar-refractivity contribution in [2.75, 3.05) is 25.0 Å². The molecule has 1 aromatic rings. The molecule has 90 valence electrons. The summed E-state index contributed by atoms with van der Waals surface area (Å²) in [4.78, 5) is 0. The summed E-state index contributed by atoms with van der Waals surface area (Å²) in [7, 11) is 0. The van der Waals surface area contributed by atoms with E-state index in [2.05, 4.69) is 21.2 Å². The summed E-state index contributed by atoms with van der Waals surface area (Å²) in [5, 5.41) is 13.6. The van der Waals surface area contributed by atoms with Crippen molar-refractivity contribution in [2.45, 2.75) is 12.7 Å². The van der Waals surface area contributed by atoms with Gasteiger partial charge in [-0.25, -0.2) is 0 Å². The Morgan fingerprint density at radius 2 is 2.06 bits per heavy atom. The highest BCUT2D eigenvalue weighted by atomic mass is 79.9. The van der Waals surface area contributed by atoms with E-state index in [9.17, 15) is 5.11 Å². The first-order chi connectivity index (χ1) is 7.83. The van der Waals surface area contributed by atoms with Crippen molar-refractivity contribution in [3.8, 4) is 0 Å². The number of halogens is 1. The summed E-state index contributed by atoms with van der Waals surface area (Å²) >= 11 is 3.31. The first kappa shape index (κ1) is 13.6. The SMILES string of the molecule is OC(CNCCBr)COCc1ccccc1. The summed E-state index contributed by atoms with van der Waals surface area (Å²) in [6, 6.07) is 9.95. The first-order valence-corrected chi connectivity index (χ1v) is 6.51. The smallest absolute Gasteiger partial charge is 0.0897 e. The molecule has 1 atom stereocenters. The zero-order valence-electron chi connectivity index (χ0n) is 9.23. The van der Waals surface area contributed by atoms with Crippen LogP contribution in [0.2, 0.25) is 0 Å². The van der Waals surface area contributed by atoms with Crippen molar-refractivity contribution < 1.29 is 9.84 Å². The Bertz CT molecular complexity index is 269. The number of nitrogens with one attached hydrogen (secondary N) is 1. The number of alkyl halides is 1. The predicted octanol–water partition coefficient (Wildman–Crippen LogP) is 1.55. The number of benzene rings is 1. The minimum Gasteiger partial charge on any atom is -0.389 e. The topological polar surface area (TPSA) is 41.5 Å². The highest BCUT2D eigenvalue weighted by Crippen LogP contribution is 2.00. The summed E-state index contributed by atoms with van der Waals surface area (Å²) in [5.41, 5.74) is 1.13. The molecule has 3 nitrogen and oxygen atoms in total. The molecule has 1 aromatic carbocycles. The fourth-order valence-electron chi connectivity index (χ4n) is 1.28. The van der Waals surface area contributed by atoms with E-state index >= 15 is 0 Å². The Labute approximate surface area is 105 Å². The molecule has 0 saturated carbocycles. The zero-order valence-corrected chi connectivity index (χ0v) is 10.8. The van der Waals surface area contributed by atoms with Crippen molar-refractivity contribution in [1.29, 1.82) is 0 Å². The molecule has 0 saturated heterocycles. The van der Waals surface area contributed by atoms with Crippen LogP contribution in [0, 0.1) is 0 Å². The fourth-order valence-corrected chi connectivity index (χ4v) is 1.56. The minimum absolute atomic E-state index is 0.365. The molecule has 4 heteroatoms. The van der Waals surface area contributed by atoms with Gasteiger partial charge >= 0.3 is 0 Å². The Kier molecular flexibility index (Phi) is 7.42. The van der Waals surface area contributed by atoms with E-state index in [0.717, 1.165) is 17.4 Å². The van der Waals surface area contributed by atoms with Gasteiger partial charge in [0.2, 0.25) is 0 Å². The lowest BCUT2D eigenvalue weighted by Crippen LogP contribution is -2.31. The second-order valence-electron chi connectivity index (χ2n) is 3.55. The average Bonchev–Trinajstić information content (AvgIpc) is 2.31. The van der Waals surface area contributed by atoms with E-state index in [-0.39, 0.29) is 0 Å². The number of hydrogen-bond donors (Lipinski definition) is 2. The third kappa shape index (κ3) is 6.23. The van der Waals surface area contributed by atoms with Crippen LogP contribution >= 0.6 is 15.9 Å². The molecule has 0 radical (unpaired) electrons. The van der Waals surface area contributed by atoms with Crippen LogP contribution < -0.4 is 5.32 Å². The van der Waals surface area contributed by atoms with Gasteiger partial charge in [-0.1, -0.05) is 46.3 Å². The second kappa shape index (κ2) is 8.70. The van der Waals surface area contributed by atoms with Gasteiger partial charge in [-0.05, 0) is 5.56 Å². The average molecular weight is 288 g/mol. The van der Waals surface area contributed by atoms with Crippen molar-refractivity contribution in [3.63, 3.8) is 0 Å². The molecule has 0 aliphatic rings. The van der Waals surface area contributed by atoms with Crippen LogP contribution in [0.15, 0.2) is 30.3 Å². The molecule has 0 fully saturated rings. The maximum absolute atomic E-state index is 9.55. The number of rotatable bonds is 8. The van der Waals surface area contributed by atoms with E-state index in [1.807, 2.05) is 30.3 Å². The Morgan fingerprint density at radius 3 is 2.75 bits per heavy atom. The quantitative estimate of drug-likeness (QED) is 0.563. The minimum atomic E-state index is -0.442. The molecular formula is C12H18BrNO2. The molecule has 0 bridgehead atoms. The van der Waals surface area contributed by atoms with Gasteiger partial charge in [-0.2, -0.15) is 0 Å². The van der Waals surface area contributed by atoms with Crippen LogP contribution in [0.25, 0.3) is 0 Å². The third-order valence-corrected chi connectivity index (χ3v) is 2.47. The standard InChI is InChI=1S/C12H18BrNO2/c13-6-7-14-8-12(15)10-16-9-11-4-2-1-3-5-11/h1-5,12,14-15H,6-10H2. The molecule has 0 amide bonds. The lowest BCUT2D eigenvalue weighted by atomic mass is 10.2. The maximum Gasteiger partial charge on any atom is 0.0897 e. The van der Waals surface area contributed by atoms with Gasteiger partial charge in [0.1, 0.15) is 0 Å². The van der Waals surface area contributed by atoms with Gasteiger partial charge in [0.05, 0.1) is 19.3 Å². The second-order valence-corrected chi connectivity index (χ2v) is 4.34. The van der Waals surface area contributed by atoms with Crippen LogP contribution in [0.4, 0.5) is 0 Å². The lowest BCUT2D eigenvalue weighted by molar-refractivity contribution is 0.0292. The van der Waals surface area contributed by atoms with Crippen molar-refractivity contribution >= 4 is 15.9 Å². The zero-order chi connectivity index (χ0) is 11.6. The molecule has 0 heterocycles. The van der Waals surface area contributed by atoms with Crippen molar-refractivity contribution in [3.05, 3.63) is 35.9 Å².